The Labute approximate surface area is 150 Å². The van der Waals surface area contributed by atoms with Gasteiger partial charge in [0.05, 0.1) is 46.0 Å². The number of benzene rings is 1. The molecule has 1 aromatic carbocycles. The van der Waals surface area contributed by atoms with Crippen molar-refractivity contribution in [3.63, 3.8) is 0 Å². The van der Waals surface area contributed by atoms with Crippen LogP contribution in [-0.2, 0) is 4.74 Å². The molecule has 2 fully saturated rings. The number of hydrogen-bond donors (Lipinski definition) is 0. The molecule has 0 spiro atoms. The zero-order valence-corrected chi connectivity index (χ0v) is 15.6. The third-order valence-electron chi connectivity index (χ3n) is 6.06. The third-order valence-corrected chi connectivity index (χ3v) is 6.06. The number of hydrogen-bond acceptors (Lipinski definition) is 4. The van der Waals surface area contributed by atoms with Crippen LogP contribution in [0.15, 0.2) is 18.2 Å². The second-order valence-corrected chi connectivity index (χ2v) is 7.56. The Bertz CT molecular complexity index is 614. The summed E-state index contributed by atoms with van der Waals surface area (Å²) in [6.07, 6.45) is 6.28. The second-order valence-electron chi connectivity index (χ2n) is 7.56. The molecule has 138 valence electrons. The van der Waals surface area contributed by atoms with Crippen LogP contribution in [0.25, 0.3) is 0 Å². The lowest BCUT2D eigenvalue weighted by molar-refractivity contribution is -0.947. The van der Waals surface area contributed by atoms with Gasteiger partial charge in [0, 0.05) is 12.3 Å². The fourth-order valence-electron chi connectivity index (χ4n) is 4.66. The maximum Gasteiger partial charge on any atom is 0.338 e. The van der Waals surface area contributed by atoms with Crippen molar-refractivity contribution in [1.82, 2.24) is 0 Å². The van der Waals surface area contributed by atoms with Crippen molar-refractivity contribution in [2.24, 2.45) is 5.92 Å². The molecular formula is C20H30NO4+. The topological polar surface area (TPSA) is 44.8 Å². The predicted molar refractivity (Wildman–Crippen MR) is 96.1 cm³/mol. The van der Waals surface area contributed by atoms with Gasteiger partial charge in [-0.15, -0.1) is 0 Å². The highest BCUT2D eigenvalue weighted by atomic mass is 16.5. The van der Waals surface area contributed by atoms with Gasteiger partial charge in [0.25, 0.3) is 0 Å². The van der Waals surface area contributed by atoms with E-state index in [-0.39, 0.29) is 5.97 Å². The van der Waals surface area contributed by atoms with E-state index in [0.717, 1.165) is 6.42 Å². The van der Waals surface area contributed by atoms with Crippen molar-refractivity contribution in [3.05, 3.63) is 23.8 Å². The molecule has 1 aromatic rings. The van der Waals surface area contributed by atoms with Crippen LogP contribution in [0, 0.1) is 5.92 Å². The van der Waals surface area contributed by atoms with E-state index < -0.39 is 0 Å². The van der Waals surface area contributed by atoms with E-state index in [4.69, 9.17) is 14.2 Å². The maximum atomic E-state index is 12.5. The van der Waals surface area contributed by atoms with E-state index in [0.29, 0.717) is 35.6 Å². The minimum absolute atomic E-state index is 0.281. The first-order valence-corrected chi connectivity index (χ1v) is 9.31. The van der Waals surface area contributed by atoms with Crippen molar-refractivity contribution >= 4 is 5.97 Å². The van der Waals surface area contributed by atoms with Gasteiger partial charge in [-0.2, -0.15) is 0 Å². The Balaban J connectivity index is 1.64. The first-order valence-electron chi connectivity index (χ1n) is 9.31. The SMILES string of the molecule is COc1ccc(C(=O)OC[C@@H]2CCC[N+]3(C)CCCC[C@H]23)cc1OC. The summed E-state index contributed by atoms with van der Waals surface area (Å²) in [6.45, 7) is 3.06. The van der Waals surface area contributed by atoms with Crippen LogP contribution >= 0.6 is 0 Å². The van der Waals surface area contributed by atoms with Crippen molar-refractivity contribution in [1.29, 1.82) is 0 Å². The smallest absolute Gasteiger partial charge is 0.338 e. The van der Waals surface area contributed by atoms with E-state index in [1.54, 1.807) is 32.4 Å². The number of carbonyl (C=O) groups is 1. The quantitative estimate of drug-likeness (QED) is 0.605. The first kappa shape index (κ1) is 18.1. The van der Waals surface area contributed by atoms with Gasteiger partial charge in [0.1, 0.15) is 6.61 Å². The number of carbonyl (C=O) groups excluding carboxylic acids is 1. The molecule has 0 radical (unpaired) electrons. The monoisotopic (exact) mass is 348 g/mol. The Kier molecular flexibility index (Phi) is 5.52. The van der Waals surface area contributed by atoms with Crippen LogP contribution in [0.2, 0.25) is 0 Å². The molecule has 1 unspecified atom stereocenters. The van der Waals surface area contributed by atoms with Gasteiger partial charge in [-0.1, -0.05) is 0 Å². The van der Waals surface area contributed by atoms with E-state index >= 15 is 0 Å². The minimum Gasteiger partial charge on any atom is -0.493 e. The Morgan fingerprint density at radius 3 is 2.60 bits per heavy atom. The number of esters is 1. The lowest BCUT2D eigenvalue weighted by atomic mass is 9.82. The molecule has 0 saturated carbocycles. The van der Waals surface area contributed by atoms with Crippen molar-refractivity contribution in [2.45, 2.75) is 38.1 Å². The second kappa shape index (κ2) is 7.65. The van der Waals surface area contributed by atoms with Crippen LogP contribution in [0.5, 0.6) is 11.5 Å². The largest absolute Gasteiger partial charge is 0.493 e. The van der Waals surface area contributed by atoms with Gasteiger partial charge in [-0.25, -0.2) is 4.79 Å². The molecule has 2 aliphatic rings. The molecule has 5 heteroatoms. The van der Waals surface area contributed by atoms with E-state index in [1.165, 1.54) is 43.3 Å². The van der Waals surface area contributed by atoms with Gasteiger partial charge in [-0.05, 0) is 43.9 Å². The number of rotatable bonds is 5. The number of nitrogens with zero attached hydrogens (tertiary/aromatic N) is 1. The third kappa shape index (κ3) is 3.76. The lowest BCUT2D eigenvalue weighted by Gasteiger charge is -2.51. The normalized spacial score (nSPS) is 28.8. The van der Waals surface area contributed by atoms with Gasteiger partial charge in [0.15, 0.2) is 11.5 Å². The van der Waals surface area contributed by atoms with Crippen LogP contribution in [0.4, 0.5) is 0 Å². The standard InChI is InChI=1S/C20H30NO4/c1-21-11-5-4-8-17(21)16(7-6-12-21)14-25-20(22)15-9-10-18(23-2)19(13-15)24-3/h9-10,13,16-17H,4-8,11-12,14H2,1-3H3/q+1/t16-,17+,21?/m0/s1. The predicted octanol–water partition coefficient (Wildman–Crippen LogP) is 3.27. The van der Waals surface area contributed by atoms with E-state index in [1.807, 2.05) is 0 Å². The molecule has 0 N–H and O–H groups in total. The van der Waals surface area contributed by atoms with Crippen LogP contribution in [-0.4, -0.2) is 57.5 Å². The Hall–Kier alpha value is -1.75. The number of quaternary nitrogens is 1. The Morgan fingerprint density at radius 1 is 1.08 bits per heavy atom. The summed E-state index contributed by atoms with van der Waals surface area (Å²) in [7, 11) is 5.53. The number of methoxy groups -OCH3 is 2. The molecule has 2 saturated heterocycles. The molecule has 2 aliphatic heterocycles. The van der Waals surface area contributed by atoms with Gasteiger partial charge < -0.3 is 18.7 Å². The first-order chi connectivity index (χ1) is 12.1. The van der Waals surface area contributed by atoms with Crippen LogP contribution in [0.1, 0.15) is 42.5 Å². The van der Waals surface area contributed by atoms with Crippen molar-refractivity contribution in [2.75, 3.05) is 41.0 Å². The van der Waals surface area contributed by atoms with Gasteiger partial charge in [-0.3, -0.25) is 0 Å². The highest BCUT2D eigenvalue weighted by Crippen LogP contribution is 2.36. The van der Waals surface area contributed by atoms with Gasteiger partial charge >= 0.3 is 5.97 Å². The fourth-order valence-corrected chi connectivity index (χ4v) is 4.66. The average molecular weight is 348 g/mol. The number of ether oxygens (including phenoxy) is 3. The lowest BCUT2D eigenvalue weighted by Crippen LogP contribution is -2.61. The van der Waals surface area contributed by atoms with Gasteiger partial charge in [0.2, 0.25) is 0 Å². The molecule has 2 heterocycles. The summed E-state index contributed by atoms with van der Waals surface area (Å²) >= 11 is 0. The van der Waals surface area contributed by atoms with Crippen LogP contribution < -0.4 is 9.47 Å². The van der Waals surface area contributed by atoms with E-state index in [2.05, 4.69) is 7.05 Å². The molecule has 3 atom stereocenters. The molecule has 0 aliphatic carbocycles. The molecule has 5 nitrogen and oxygen atoms in total. The molecular weight excluding hydrogens is 318 g/mol. The molecule has 0 aromatic heterocycles. The highest BCUT2D eigenvalue weighted by Gasteiger charge is 2.43. The number of fused-ring (bicyclic) bond motifs is 1. The Morgan fingerprint density at radius 2 is 1.84 bits per heavy atom. The zero-order valence-electron chi connectivity index (χ0n) is 15.6. The minimum atomic E-state index is -0.281. The summed E-state index contributed by atoms with van der Waals surface area (Å²) in [6, 6.07) is 5.79. The fraction of sp³-hybridized carbons (Fsp3) is 0.650. The molecule has 0 amide bonds. The summed E-state index contributed by atoms with van der Waals surface area (Å²) in [4.78, 5) is 12.5. The summed E-state index contributed by atoms with van der Waals surface area (Å²) in [5.41, 5.74) is 0.509. The highest BCUT2D eigenvalue weighted by molar-refractivity contribution is 5.90. The van der Waals surface area contributed by atoms with Crippen molar-refractivity contribution in [3.8, 4) is 11.5 Å². The summed E-state index contributed by atoms with van der Waals surface area (Å²) in [5.74, 6) is 1.35. The molecule has 3 rings (SSSR count). The van der Waals surface area contributed by atoms with E-state index in [9.17, 15) is 4.79 Å². The zero-order chi connectivity index (χ0) is 17.9. The maximum absolute atomic E-state index is 12.5. The van der Waals surface area contributed by atoms with Crippen molar-refractivity contribution < 1.29 is 23.5 Å². The average Bonchev–Trinajstić information content (AvgIpc) is 2.64. The molecule has 25 heavy (non-hydrogen) atoms. The van der Waals surface area contributed by atoms with Crippen LogP contribution in [0.3, 0.4) is 0 Å². The number of piperidine rings is 2. The molecule has 0 bridgehead atoms. The summed E-state index contributed by atoms with van der Waals surface area (Å²) in [5, 5.41) is 0. The summed E-state index contributed by atoms with van der Waals surface area (Å²) < 4.78 is 17.3.